The molecule has 0 atom stereocenters. The zero-order chi connectivity index (χ0) is 15.1. The highest BCUT2D eigenvalue weighted by atomic mass is 16.5. The van der Waals surface area contributed by atoms with E-state index in [1.165, 1.54) is 0 Å². The van der Waals surface area contributed by atoms with Crippen LogP contribution in [-0.4, -0.2) is 28.6 Å². The van der Waals surface area contributed by atoms with Crippen molar-refractivity contribution in [3.8, 4) is 0 Å². The first-order chi connectivity index (χ1) is 10.1. The minimum Gasteiger partial charge on any atom is -0.360 e. The van der Waals surface area contributed by atoms with Crippen LogP contribution in [-0.2, 0) is 19.6 Å². The van der Waals surface area contributed by atoms with Gasteiger partial charge in [0.2, 0.25) is 0 Å². The van der Waals surface area contributed by atoms with Gasteiger partial charge in [-0.05, 0) is 31.6 Å². The molecule has 5 nitrogen and oxygen atoms in total. The maximum Gasteiger partial charge on any atom is 0.151 e. The monoisotopic (exact) mass is 288 g/mol. The van der Waals surface area contributed by atoms with Gasteiger partial charge in [-0.3, -0.25) is 9.88 Å². The molecular weight excluding hydrogens is 264 g/mol. The normalized spacial score (nSPS) is 11.5. The smallest absolute Gasteiger partial charge is 0.151 e. The van der Waals surface area contributed by atoms with E-state index < -0.39 is 0 Å². The van der Waals surface area contributed by atoms with Crippen molar-refractivity contribution in [2.24, 2.45) is 5.92 Å². The molecule has 2 aromatic rings. The van der Waals surface area contributed by atoms with Crippen LogP contribution in [0.4, 0.5) is 0 Å². The molecule has 2 rings (SSSR count). The van der Waals surface area contributed by atoms with Gasteiger partial charge in [-0.15, -0.1) is 0 Å². The highest BCUT2D eigenvalue weighted by Gasteiger charge is 2.08. The van der Waals surface area contributed by atoms with Gasteiger partial charge in [0.15, 0.2) is 5.76 Å². The summed E-state index contributed by atoms with van der Waals surface area (Å²) in [6.45, 7) is 7.64. The lowest BCUT2D eigenvalue weighted by Gasteiger charge is -2.13. The van der Waals surface area contributed by atoms with Crippen LogP contribution in [0.25, 0.3) is 0 Å². The molecule has 0 saturated carbocycles. The van der Waals surface area contributed by atoms with E-state index in [9.17, 15) is 0 Å². The van der Waals surface area contributed by atoms with Gasteiger partial charge in [-0.2, -0.15) is 0 Å². The van der Waals surface area contributed by atoms with Gasteiger partial charge < -0.3 is 9.84 Å². The molecule has 1 N–H and O–H groups in total. The summed E-state index contributed by atoms with van der Waals surface area (Å²) in [7, 11) is 2.05. The second-order valence-electron chi connectivity index (χ2n) is 5.80. The van der Waals surface area contributed by atoms with Gasteiger partial charge in [0.25, 0.3) is 0 Å². The van der Waals surface area contributed by atoms with Crippen LogP contribution < -0.4 is 5.32 Å². The molecule has 0 amide bonds. The highest BCUT2D eigenvalue weighted by Crippen LogP contribution is 2.08. The van der Waals surface area contributed by atoms with Crippen LogP contribution in [0.5, 0.6) is 0 Å². The van der Waals surface area contributed by atoms with Gasteiger partial charge >= 0.3 is 0 Å². The highest BCUT2D eigenvalue weighted by molar-refractivity contribution is 5.06. The topological polar surface area (TPSA) is 54.2 Å². The minimum absolute atomic E-state index is 0.640. The van der Waals surface area contributed by atoms with Crippen molar-refractivity contribution in [2.45, 2.75) is 33.5 Å². The average Bonchev–Trinajstić information content (AvgIpc) is 2.86. The minimum atomic E-state index is 0.640. The lowest BCUT2D eigenvalue weighted by molar-refractivity contribution is 0.263. The van der Waals surface area contributed by atoms with Crippen molar-refractivity contribution in [1.29, 1.82) is 0 Å². The molecule has 0 aliphatic heterocycles. The summed E-state index contributed by atoms with van der Waals surface area (Å²) in [5.41, 5.74) is 2.01. The molecule has 2 heterocycles. The van der Waals surface area contributed by atoms with Gasteiger partial charge in [-0.25, -0.2) is 0 Å². The molecule has 0 fully saturated rings. The van der Waals surface area contributed by atoms with E-state index in [1.54, 1.807) is 0 Å². The SMILES string of the molecule is CC(C)CNCc1cc(CN(C)Cc2ccccn2)on1. The standard InChI is InChI=1S/C16H24N4O/c1-13(2)9-17-10-15-8-16(21-19-15)12-20(3)11-14-6-4-5-7-18-14/h4-8,13,17H,9-12H2,1-3H3. The predicted molar refractivity (Wildman–Crippen MR) is 82.5 cm³/mol. The molecule has 0 bridgehead atoms. The van der Waals surface area contributed by atoms with Crippen LogP contribution in [0, 0.1) is 5.92 Å². The fourth-order valence-electron chi connectivity index (χ4n) is 2.09. The van der Waals surface area contributed by atoms with Crippen molar-refractivity contribution >= 4 is 0 Å². The Labute approximate surface area is 126 Å². The third-order valence-corrected chi connectivity index (χ3v) is 3.05. The summed E-state index contributed by atoms with van der Waals surface area (Å²) in [4.78, 5) is 6.49. The zero-order valence-electron chi connectivity index (χ0n) is 13.0. The van der Waals surface area contributed by atoms with Crippen molar-refractivity contribution < 1.29 is 4.52 Å². The Morgan fingerprint density at radius 2 is 2.10 bits per heavy atom. The number of rotatable bonds is 8. The molecule has 0 aromatic carbocycles. The molecule has 21 heavy (non-hydrogen) atoms. The van der Waals surface area contributed by atoms with Gasteiger partial charge in [0, 0.05) is 25.4 Å². The molecular formula is C16H24N4O. The Morgan fingerprint density at radius 1 is 1.24 bits per heavy atom. The molecule has 0 aliphatic carbocycles. The van der Waals surface area contributed by atoms with E-state index in [0.717, 1.165) is 43.3 Å². The van der Waals surface area contributed by atoms with Gasteiger partial charge in [0.05, 0.1) is 17.9 Å². The molecule has 0 radical (unpaired) electrons. The first-order valence-electron chi connectivity index (χ1n) is 7.37. The Balaban J connectivity index is 1.79. The summed E-state index contributed by atoms with van der Waals surface area (Å²) < 4.78 is 5.38. The fourth-order valence-corrected chi connectivity index (χ4v) is 2.09. The van der Waals surface area contributed by atoms with Crippen molar-refractivity contribution in [3.63, 3.8) is 0 Å². The number of hydrogen-bond acceptors (Lipinski definition) is 5. The third-order valence-electron chi connectivity index (χ3n) is 3.05. The summed E-state index contributed by atoms with van der Waals surface area (Å²) in [5, 5.41) is 7.45. The van der Waals surface area contributed by atoms with Crippen molar-refractivity contribution in [3.05, 3.63) is 47.6 Å². The van der Waals surface area contributed by atoms with E-state index in [1.807, 2.05) is 37.5 Å². The second kappa shape index (κ2) is 7.90. The molecule has 0 aliphatic rings. The Bertz CT molecular complexity index is 524. The molecule has 2 aromatic heterocycles. The van der Waals surface area contributed by atoms with Gasteiger partial charge in [0.1, 0.15) is 0 Å². The lowest BCUT2D eigenvalue weighted by Crippen LogP contribution is -2.19. The van der Waals surface area contributed by atoms with Crippen LogP contribution in [0.3, 0.4) is 0 Å². The fraction of sp³-hybridized carbons (Fsp3) is 0.500. The maximum atomic E-state index is 5.38. The quantitative estimate of drug-likeness (QED) is 0.808. The van der Waals surface area contributed by atoms with E-state index in [2.05, 4.69) is 34.2 Å². The van der Waals surface area contributed by atoms with Crippen LogP contribution in [0.1, 0.15) is 31.0 Å². The predicted octanol–water partition coefficient (Wildman–Crippen LogP) is 2.45. The van der Waals surface area contributed by atoms with E-state index in [-0.39, 0.29) is 0 Å². The molecule has 0 spiro atoms. The van der Waals surface area contributed by atoms with Gasteiger partial charge in [-0.1, -0.05) is 25.1 Å². The molecule has 114 valence electrons. The molecule has 5 heteroatoms. The number of hydrogen-bond donors (Lipinski definition) is 1. The average molecular weight is 288 g/mol. The largest absolute Gasteiger partial charge is 0.360 e. The molecule has 0 unspecified atom stereocenters. The zero-order valence-corrected chi connectivity index (χ0v) is 13.0. The number of aromatic nitrogens is 2. The first-order valence-corrected chi connectivity index (χ1v) is 7.37. The summed E-state index contributed by atoms with van der Waals surface area (Å²) in [6.07, 6.45) is 1.82. The Hall–Kier alpha value is -1.72. The number of nitrogens with zero attached hydrogens (tertiary/aromatic N) is 3. The first kappa shape index (κ1) is 15.7. The van der Waals surface area contributed by atoms with Crippen LogP contribution >= 0.6 is 0 Å². The number of pyridine rings is 1. The summed E-state index contributed by atoms with van der Waals surface area (Å²) in [6, 6.07) is 7.97. The second-order valence-corrected chi connectivity index (χ2v) is 5.80. The maximum absolute atomic E-state index is 5.38. The third kappa shape index (κ3) is 5.65. The summed E-state index contributed by atoms with van der Waals surface area (Å²) >= 11 is 0. The van der Waals surface area contributed by atoms with Crippen molar-refractivity contribution in [2.75, 3.05) is 13.6 Å². The molecule has 0 saturated heterocycles. The Kier molecular flexibility index (Phi) is 5.90. The number of nitrogens with one attached hydrogen (secondary N) is 1. The summed E-state index contributed by atoms with van der Waals surface area (Å²) in [5.74, 6) is 1.52. The Morgan fingerprint density at radius 3 is 2.81 bits per heavy atom. The van der Waals surface area contributed by atoms with E-state index >= 15 is 0 Å². The van der Waals surface area contributed by atoms with Crippen LogP contribution in [0.15, 0.2) is 35.0 Å². The van der Waals surface area contributed by atoms with Crippen molar-refractivity contribution in [1.82, 2.24) is 20.4 Å². The van der Waals surface area contributed by atoms with Crippen LogP contribution in [0.2, 0.25) is 0 Å². The lowest BCUT2D eigenvalue weighted by atomic mass is 10.2. The van der Waals surface area contributed by atoms with E-state index in [4.69, 9.17) is 4.52 Å². The van der Waals surface area contributed by atoms with E-state index in [0.29, 0.717) is 5.92 Å².